The Morgan fingerprint density at radius 1 is 1.25 bits per heavy atom. The summed E-state index contributed by atoms with van der Waals surface area (Å²) in [5, 5.41) is 20.1. The fourth-order valence-corrected chi connectivity index (χ4v) is 5.22. The van der Waals surface area contributed by atoms with Gasteiger partial charge in [0.2, 0.25) is 27.7 Å². The molecular formula is C23H19FN6O4S2. The van der Waals surface area contributed by atoms with Gasteiger partial charge in [-0.25, -0.2) is 17.8 Å². The van der Waals surface area contributed by atoms with Crippen molar-refractivity contribution in [2.24, 2.45) is 0 Å². The van der Waals surface area contributed by atoms with Crippen molar-refractivity contribution in [3.63, 3.8) is 0 Å². The van der Waals surface area contributed by atoms with Crippen LogP contribution in [-0.2, 0) is 27.7 Å². The van der Waals surface area contributed by atoms with Crippen molar-refractivity contribution >= 4 is 43.2 Å². The van der Waals surface area contributed by atoms with Gasteiger partial charge in [0, 0.05) is 11.3 Å². The second-order valence-electron chi connectivity index (χ2n) is 8.52. The molecule has 184 valence electrons. The molecule has 5 rings (SSSR count). The second-order valence-corrected chi connectivity index (χ2v) is 11.4. The number of halogens is 1. The predicted octanol–water partition coefficient (Wildman–Crippen LogP) is 3.16. The van der Waals surface area contributed by atoms with E-state index in [-0.39, 0.29) is 30.5 Å². The molecule has 0 saturated heterocycles. The van der Waals surface area contributed by atoms with Gasteiger partial charge < -0.3 is 9.73 Å². The van der Waals surface area contributed by atoms with Gasteiger partial charge in [-0.2, -0.15) is 5.26 Å². The summed E-state index contributed by atoms with van der Waals surface area (Å²) in [6, 6.07) is 11.9. The van der Waals surface area contributed by atoms with Crippen LogP contribution in [-0.4, -0.2) is 41.3 Å². The normalized spacial score (nSPS) is 14.4. The third kappa shape index (κ3) is 5.19. The number of nitriles is 1. The molecule has 0 bridgehead atoms. The van der Waals surface area contributed by atoms with Crippen LogP contribution < -0.4 is 10.0 Å². The number of anilines is 1. The Kier molecular flexibility index (Phi) is 5.93. The van der Waals surface area contributed by atoms with Gasteiger partial charge in [0.15, 0.2) is 0 Å². The van der Waals surface area contributed by atoms with Crippen LogP contribution in [0.1, 0.15) is 29.6 Å². The van der Waals surface area contributed by atoms with Crippen LogP contribution in [0.3, 0.4) is 0 Å². The molecule has 10 nitrogen and oxygen atoms in total. The molecule has 1 aliphatic carbocycles. The monoisotopic (exact) mass is 526 g/mol. The largest absolute Gasteiger partial charge is 0.424 e. The minimum Gasteiger partial charge on any atom is -0.424 e. The summed E-state index contributed by atoms with van der Waals surface area (Å²) >= 11 is 1.14. The van der Waals surface area contributed by atoms with Crippen molar-refractivity contribution in [2.75, 3.05) is 11.0 Å². The van der Waals surface area contributed by atoms with Crippen molar-refractivity contribution in [2.45, 2.75) is 31.2 Å². The Hall–Kier alpha value is -3.89. The summed E-state index contributed by atoms with van der Waals surface area (Å²) in [6.07, 6.45) is 2.33. The molecule has 0 spiro atoms. The Labute approximate surface area is 209 Å². The molecule has 0 radical (unpaired) electrons. The minimum atomic E-state index is -3.47. The van der Waals surface area contributed by atoms with Gasteiger partial charge >= 0.3 is 0 Å². The Balaban J connectivity index is 1.33. The fraction of sp³-hybridized carbons (Fsp3) is 0.261. The summed E-state index contributed by atoms with van der Waals surface area (Å²) < 4.78 is 46.7. The molecule has 1 saturated carbocycles. The van der Waals surface area contributed by atoms with Gasteiger partial charge in [-0.15, -0.1) is 21.5 Å². The molecule has 2 heterocycles. The van der Waals surface area contributed by atoms with Crippen molar-refractivity contribution in [1.29, 1.82) is 5.26 Å². The quantitative estimate of drug-likeness (QED) is 0.355. The molecule has 13 heteroatoms. The average Bonchev–Trinajstić information content (AvgIpc) is 3.23. The maximum atomic E-state index is 15.4. The van der Waals surface area contributed by atoms with Gasteiger partial charge in [-0.1, -0.05) is 12.1 Å². The molecule has 1 amide bonds. The Morgan fingerprint density at radius 3 is 2.75 bits per heavy atom. The Bertz CT molecular complexity index is 1640. The molecule has 2 N–H and O–H groups in total. The number of fused-ring (bicyclic) bond motifs is 1. The molecule has 0 aliphatic heterocycles. The number of thiazole rings is 1. The van der Waals surface area contributed by atoms with Gasteiger partial charge in [0.05, 0.1) is 29.0 Å². The van der Waals surface area contributed by atoms with E-state index in [1.807, 2.05) is 0 Å². The summed E-state index contributed by atoms with van der Waals surface area (Å²) in [5.41, 5.74) is 0.858. The van der Waals surface area contributed by atoms with E-state index in [9.17, 15) is 13.2 Å². The van der Waals surface area contributed by atoms with E-state index >= 15 is 4.39 Å². The lowest BCUT2D eigenvalue weighted by atomic mass is 10.0. The van der Waals surface area contributed by atoms with E-state index in [0.29, 0.717) is 44.9 Å². The number of carbonyl (C=O) groups excluding carboxylic acids is 1. The molecule has 4 aromatic rings. The van der Waals surface area contributed by atoms with Crippen LogP contribution in [0.25, 0.3) is 21.3 Å². The third-order valence-electron chi connectivity index (χ3n) is 5.48. The number of amides is 1. The number of rotatable bonds is 8. The smallest absolute Gasteiger partial charge is 0.230 e. The lowest BCUT2D eigenvalue weighted by molar-refractivity contribution is -0.121. The number of nitrogens with zero attached hydrogens (tertiary/aromatic N) is 4. The highest BCUT2D eigenvalue weighted by atomic mass is 32.2. The standard InChI is InChI=1S/C23H19FN6O4S2/c1-36(32,33)30-14-4-2-3-13(9-14)15-5-6-16-22(21(15)24)35-20(26-16)11-19-29-28-18(34-19)10-17(31)27-23(12-25)7-8-23/h2-6,9,30H,7-8,10-11H2,1H3,(H,27,31). The van der Waals surface area contributed by atoms with Crippen LogP contribution in [0.15, 0.2) is 40.8 Å². The zero-order valence-corrected chi connectivity index (χ0v) is 20.5. The number of sulfonamides is 1. The van der Waals surface area contributed by atoms with E-state index in [4.69, 9.17) is 9.68 Å². The number of benzene rings is 2. The summed E-state index contributed by atoms with van der Waals surface area (Å²) in [7, 11) is -3.47. The first kappa shape index (κ1) is 23.8. The minimum absolute atomic E-state index is 0.119. The van der Waals surface area contributed by atoms with Crippen LogP contribution in [0, 0.1) is 17.1 Å². The van der Waals surface area contributed by atoms with E-state index in [1.54, 1.807) is 36.4 Å². The van der Waals surface area contributed by atoms with Crippen LogP contribution in [0.2, 0.25) is 0 Å². The lowest BCUT2D eigenvalue weighted by Crippen LogP contribution is -2.36. The van der Waals surface area contributed by atoms with Gasteiger partial charge in [0.1, 0.15) is 22.8 Å². The average molecular weight is 527 g/mol. The molecule has 1 aliphatic rings. The molecule has 0 atom stereocenters. The molecule has 36 heavy (non-hydrogen) atoms. The Morgan fingerprint density at radius 2 is 2.03 bits per heavy atom. The number of carbonyl (C=O) groups is 1. The SMILES string of the molecule is CS(=O)(=O)Nc1cccc(-c2ccc3nc(Cc4nnc(CC(=O)NC5(C#N)CC5)o4)sc3c2F)c1. The first-order valence-electron chi connectivity index (χ1n) is 10.8. The van der Waals surface area contributed by atoms with Gasteiger partial charge in [0.25, 0.3) is 0 Å². The first-order valence-corrected chi connectivity index (χ1v) is 13.5. The van der Waals surface area contributed by atoms with Crippen molar-refractivity contribution in [1.82, 2.24) is 20.5 Å². The van der Waals surface area contributed by atoms with Crippen molar-refractivity contribution in [3.05, 3.63) is 59.0 Å². The van der Waals surface area contributed by atoms with Gasteiger partial charge in [-0.05, 0) is 42.7 Å². The number of hydrogen-bond donors (Lipinski definition) is 2. The topological polar surface area (TPSA) is 151 Å². The van der Waals surface area contributed by atoms with E-state index < -0.39 is 21.4 Å². The summed E-state index contributed by atoms with van der Waals surface area (Å²) in [5.74, 6) is -0.483. The maximum absolute atomic E-state index is 15.4. The van der Waals surface area contributed by atoms with Crippen LogP contribution in [0.4, 0.5) is 10.1 Å². The van der Waals surface area contributed by atoms with Gasteiger partial charge in [-0.3, -0.25) is 9.52 Å². The highest BCUT2D eigenvalue weighted by Crippen LogP contribution is 2.35. The third-order valence-corrected chi connectivity index (χ3v) is 7.15. The van der Waals surface area contributed by atoms with E-state index in [0.717, 1.165) is 17.6 Å². The predicted molar refractivity (Wildman–Crippen MR) is 130 cm³/mol. The van der Waals surface area contributed by atoms with Crippen LogP contribution >= 0.6 is 11.3 Å². The van der Waals surface area contributed by atoms with Crippen molar-refractivity contribution in [3.8, 4) is 17.2 Å². The number of hydrogen-bond acceptors (Lipinski definition) is 9. The second kappa shape index (κ2) is 8.96. The lowest BCUT2D eigenvalue weighted by Gasteiger charge is -2.08. The number of nitrogens with one attached hydrogen (secondary N) is 2. The van der Waals surface area contributed by atoms with Crippen molar-refractivity contribution < 1.29 is 22.0 Å². The van der Waals surface area contributed by atoms with Crippen LogP contribution in [0.5, 0.6) is 0 Å². The van der Waals surface area contributed by atoms with E-state index in [2.05, 4.69) is 31.3 Å². The molecular weight excluding hydrogens is 507 g/mol. The fourth-order valence-electron chi connectivity index (χ4n) is 3.67. The summed E-state index contributed by atoms with van der Waals surface area (Å²) in [4.78, 5) is 16.6. The molecule has 1 fully saturated rings. The highest BCUT2D eigenvalue weighted by molar-refractivity contribution is 7.92. The first-order chi connectivity index (χ1) is 17.1. The molecule has 0 unspecified atom stereocenters. The zero-order valence-electron chi connectivity index (χ0n) is 18.9. The zero-order chi connectivity index (χ0) is 25.5. The van der Waals surface area contributed by atoms with E-state index in [1.165, 1.54) is 0 Å². The molecule has 2 aromatic carbocycles. The highest BCUT2D eigenvalue weighted by Gasteiger charge is 2.44. The number of aromatic nitrogens is 3. The molecule has 2 aromatic heterocycles. The summed E-state index contributed by atoms with van der Waals surface area (Å²) in [6.45, 7) is 0. The maximum Gasteiger partial charge on any atom is 0.230 e.